The summed E-state index contributed by atoms with van der Waals surface area (Å²) in [6.07, 6.45) is 1.58. The molecule has 2 aliphatic heterocycles. The fraction of sp³-hybridized carbons (Fsp3) is 0.304. The minimum Gasteiger partial charge on any atom is -0.496 e. The van der Waals surface area contributed by atoms with E-state index in [4.69, 9.17) is 9.47 Å². The molecule has 8 nitrogen and oxygen atoms in total. The lowest BCUT2D eigenvalue weighted by molar-refractivity contribution is -0.150. The van der Waals surface area contributed by atoms with Crippen molar-refractivity contribution in [3.05, 3.63) is 58.4 Å². The number of fused-ring (bicyclic) bond motifs is 1. The van der Waals surface area contributed by atoms with E-state index in [9.17, 15) is 9.59 Å². The normalized spacial score (nSPS) is 15.2. The van der Waals surface area contributed by atoms with Crippen LogP contribution in [0.25, 0.3) is 11.1 Å². The Morgan fingerprint density at radius 3 is 2.75 bits per heavy atom. The summed E-state index contributed by atoms with van der Waals surface area (Å²) in [6.45, 7) is 3.87. The first-order valence-electron chi connectivity index (χ1n) is 10.3. The molecule has 9 heteroatoms. The minimum atomic E-state index is -0.287. The van der Waals surface area contributed by atoms with Crippen molar-refractivity contribution in [3.8, 4) is 16.9 Å². The molecular formula is C23H22N4O4S. The highest BCUT2D eigenvalue weighted by atomic mass is 32.1. The Balaban J connectivity index is 1.35. The lowest BCUT2D eigenvalue weighted by Gasteiger charge is -2.28. The number of anilines is 1. The zero-order valence-corrected chi connectivity index (χ0v) is 18.6. The van der Waals surface area contributed by atoms with Gasteiger partial charge in [-0.3, -0.25) is 19.9 Å². The van der Waals surface area contributed by atoms with Crippen molar-refractivity contribution in [1.29, 1.82) is 0 Å². The number of aryl methyl sites for hydroxylation is 1. The second-order valence-corrected chi connectivity index (χ2v) is 8.93. The van der Waals surface area contributed by atoms with Gasteiger partial charge in [-0.15, -0.1) is 0 Å². The van der Waals surface area contributed by atoms with Crippen molar-refractivity contribution in [3.63, 3.8) is 0 Å². The monoisotopic (exact) mass is 450 g/mol. The number of benzene rings is 1. The van der Waals surface area contributed by atoms with Crippen LogP contribution in [0.15, 0.2) is 36.5 Å². The van der Waals surface area contributed by atoms with Gasteiger partial charge in [-0.05, 0) is 19.1 Å². The molecule has 2 aromatic heterocycles. The highest BCUT2D eigenvalue weighted by Gasteiger charge is 2.35. The number of nitrogens with zero attached hydrogens (tertiary/aromatic N) is 3. The smallest absolute Gasteiger partial charge is 0.259 e. The lowest BCUT2D eigenvalue weighted by Crippen LogP contribution is -2.42. The molecule has 3 aromatic rings. The fourth-order valence-corrected chi connectivity index (χ4v) is 4.86. The van der Waals surface area contributed by atoms with E-state index in [-0.39, 0.29) is 17.7 Å². The average Bonchev–Trinajstić information content (AvgIpc) is 3.31. The number of aromatic nitrogens is 2. The van der Waals surface area contributed by atoms with Gasteiger partial charge in [-0.1, -0.05) is 29.5 Å². The van der Waals surface area contributed by atoms with E-state index in [1.165, 1.54) is 11.3 Å². The summed E-state index contributed by atoms with van der Waals surface area (Å²) in [6, 6.07) is 9.45. The molecule has 1 saturated heterocycles. The minimum absolute atomic E-state index is 0.0365. The SMILES string of the molecule is COc1ccccc1-c1cc(C)ncc1C(=O)Nc1nc2c(s1)CN(C(=O)C1COC1)C2. The molecule has 1 N–H and O–H groups in total. The Bertz CT molecular complexity index is 1180. The van der Waals surface area contributed by atoms with E-state index in [2.05, 4.69) is 15.3 Å². The van der Waals surface area contributed by atoms with Gasteiger partial charge in [0.1, 0.15) is 5.75 Å². The van der Waals surface area contributed by atoms with Crippen molar-refractivity contribution in [2.75, 3.05) is 25.6 Å². The Labute approximate surface area is 189 Å². The Morgan fingerprint density at radius 1 is 1.22 bits per heavy atom. The summed E-state index contributed by atoms with van der Waals surface area (Å²) in [5.41, 5.74) is 3.65. The third-order valence-electron chi connectivity index (χ3n) is 5.66. The molecule has 2 amide bonds. The van der Waals surface area contributed by atoms with Crippen molar-refractivity contribution >= 4 is 28.3 Å². The standard InChI is InChI=1S/C23H22N4O4S/c1-13-7-16(15-5-3-4-6-19(15)30-2)17(8-24-13)21(28)26-23-25-18-9-27(10-20(18)32-23)22(29)14-11-31-12-14/h3-8,14H,9-12H2,1-2H3,(H,25,26,28). The molecule has 164 valence electrons. The van der Waals surface area contributed by atoms with E-state index in [1.54, 1.807) is 18.2 Å². The number of ether oxygens (including phenoxy) is 2. The van der Waals surface area contributed by atoms with Crippen LogP contribution < -0.4 is 10.1 Å². The Hall–Kier alpha value is -3.30. The molecule has 0 unspecified atom stereocenters. The second-order valence-electron chi connectivity index (χ2n) is 7.84. The summed E-state index contributed by atoms with van der Waals surface area (Å²) < 4.78 is 10.6. The van der Waals surface area contributed by atoms with Gasteiger partial charge in [0.15, 0.2) is 5.13 Å². The van der Waals surface area contributed by atoms with Crippen LogP contribution in [0, 0.1) is 12.8 Å². The van der Waals surface area contributed by atoms with Gasteiger partial charge in [0.25, 0.3) is 5.91 Å². The Morgan fingerprint density at radius 2 is 2.03 bits per heavy atom. The number of hydrogen-bond donors (Lipinski definition) is 1. The molecule has 0 spiro atoms. The number of carbonyl (C=O) groups excluding carboxylic acids is 2. The van der Waals surface area contributed by atoms with Crippen LogP contribution in [0.1, 0.15) is 26.6 Å². The predicted octanol–water partition coefficient (Wildman–Crippen LogP) is 3.26. The lowest BCUT2D eigenvalue weighted by atomic mass is 9.99. The molecule has 4 heterocycles. The van der Waals surface area contributed by atoms with Gasteiger partial charge in [-0.2, -0.15) is 0 Å². The van der Waals surface area contributed by atoms with Crippen LogP contribution in [-0.4, -0.2) is 47.0 Å². The molecule has 5 rings (SSSR count). The van der Waals surface area contributed by atoms with E-state index >= 15 is 0 Å². The van der Waals surface area contributed by atoms with E-state index in [0.29, 0.717) is 42.7 Å². The van der Waals surface area contributed by atoms with Crippen LogP contribution in [0.2, 0.25) is 0 Å². The average molecular weight is 451 g/mol. The van der Waals surface area contributed by atoms with Gasteiger partial charge in [-0.25, -0.2) is 4.98 Å². The molecule has 0 radical (unpaired) electrons. The first-order valence-corrected chi connectivity index (χ1v) is 11.1. The summed E-state index contributed by atoms with van der Waals surface area (Å²) in [7, 11) is 1.61. The predicted molar refractivity (Wildman–Crippen MR) is 120 cm³/mol. The maximum Gasteiger partial charge on any atom is 0.259 e. The number of carbonyl (C=O) groups is 2. The van der Waals surface area contributed by atoms with E-state index < -0.39 is 0 Å². The van der Waals surface area contributed by atoms with Gasteiger partial charge >= 0.3 is 0 Å². The van der Waals surface area contributed by atoms with Crippen molar-refractivity contribution < 1.29 is 19.1 Å². The van der Waals surface area contributed by atoms with Gasteiger partial charge in [0, 0.05) is 23.0 Å². The number of nitrogens with one attached hydrogen (secondary N) is 1. The van der Waals surface area contributed by atoms with Gasteiger partial charge in [0.05, 0.1) is 55.5 Å². The van der Waals surface area contributed by atoms with Crippen LogP contribution >= 0.6 is 11.3 Å². The number of thiazole rings is 1. The van der Waals surface area contributed by atoms with Crippen molar-refractivity contribution in [2.45, 2.75) is 20.0 Å². The zero-order valence-electron chi connectivity index (χ0n) is 17.8. The fourth-order valence-electron chi connectivity index (χ4n) is 3.88. The third-order valence-corrected chi connectivity index (χ3v) is 6.65. The molecule has 0 saturated carbocycles. The maximum atomic E-state index is 13.2. The van der Waals surface area contributed by atoms with Crippen molar-refractivity contribution in [2.24, 2.45) is 5.92 Å². The molecule has 1 fully saturated rings. The zero-order chi connectivity index (χ0) is 22.2. The summed E-state index contributed by atoms with van der Waals surface area (Å²) in [5.74, 6) is 0.470. The number of pyridine rings is 1. The van der Waals surface area contributed by atoms with Crippen LogP contribution in [0.4, 0.5) is 5.13 Å². The highest BCUT2D eigenvalue weighted by Crippen LogP contribution is 2.35. The Kier molecular flexibility index (Phi) is 5.36. The summed E-state index contributed by atoms with van der Waals surface area (Å²) >= 11 is 1.40. The number of amides is 2. The van der Waals surface area contributed by atoms with E-state index in [0.717, 1.165) is 27.4 Å². The second kappa shape index (κ2) is 8.33. The summed E-state index contributed by atoms with van der Waals surface area (Å²) in [5, 5.41) is 3.43. The molecule has 32 heavy (non-hydrogen) atoms. The molecule has 0 aliphatic carbocycles. The highest BCUT2D eigenvalue weighted by molar-refractivity contribution is 7.16. The quantitative estimate of drug-likeness (QED) is 0.641. The first kappa shape index (κ1) is 20.6. The van der Waals surface area contributed by atoms with Crippen LogP contribution in [0.3, 0.4) is 0 Å². The van der Waals surface area contributed by atoms with Gasteiger partial charge < -0.3 is 14.4 Å². The number of methoxy groups -OCH3 is 1. The molecular weight excluding hydrogens is 428 g/mol. The topological polar surface area (TPSA) is 93.6 Å². The third kappa shape index (κ3) is 3.74. The molecule has 0 bridgehead atoms. The first-order chi connectivity index (χ1) is 15.5. The maximum absolute atomic E-state index is 13.2. The molecule has 2 aliphatic rings. The van der Waals surface area contributed by atoms with Crippen LogP contribution in [0.5, 0.6) is 5.75 Å². The molecule has 1 aromatic carbocycles. The number of hydrogen-bond acceptors (Lipinski definition) is 7. The van der Waals surface area contributed by atoms with Crippen molar-refractivity contribution in [1.82, 2.24) is 14.9 Å². The summed E-state index contributed by atoms with van der Waals surface area (Å²) in [4.78, 5) is 37.3. The molecule has 0 atom stereocenters. The van der Waals surface area contributed by atoms with Gasteiger partial charge in [0.2, 0.25) is 5.91 Å². The van der Waals surface area contributed by atoms with E-state index in [1.807, 2.05) is 37.3 Å². The van der Waals surface area contributed by atoms with Crippen LogP contribution in [-0.2, 0) is 22.6 Å². The number of rotatable bonds is 5. The largest absolute Gasteiger partial charge is 0.496 e. The number of para-hydroxylation sites is 1.